The molecule has 6 nitrogen and oxygen atoms in total. The predicted molar refractivity (Wildman–Crippen MR) is 95.9 cm³/mol. The van der Waals surface area contributed by atoms with Crippen LogP contribution in [0.25, 0.3) is 0 Å². The first-order chi connectivity index (χ1) is 12.1. The fraction of sp³-hybridized carbons (Fsp3) is 0.263. The van der Waals surface area contributed by atoms with Crippen molar-refractivity contribution in [3.05, 3.63) is 54.1 Å². The van der Waals surface area contributed by atoms with E-state index in [9.17, 15) is 9.59 Å². The summed E-state index contributed by atoms with van der Waals surface area (Å²) in [6.45, 7) is 0.909. The molecule has 0 unspecified atom stereocenters. The van der Waals surface area contributed by atoms with Crippen molar-refractivity contribution < 1.29 is 14.3 Å². The van der Waals surface area contributed by atoms with Crippen LogP contribution in [0.15, 0.2) is 48.5 Å². The number of amides is 2. The Morgan fingerprint density at radius 1 is 1.12 bits per heavy atom. The zero-order chi connectivity index (χ0) is 17.8. The van der Waals surface area contributed by atoms with Crippen LogP contribution in [0.5, 0.6) is 5.75 Å². The number of rotatable bonds is 5. The van der Waals surface area contributed by atoms with Crippen LogP contribution in [-0.2, 0) is 4.79 Å². The first-order valence-electron chi connectivity index (χ1n) is 8.18. The number of carbonyl (C=O) groups excluding carboxylic acids is 2. The number of hydrogen-bond donors (Lipinski definition) is 2. The van der Waals surface area contributed by atoms with Crippen LogP contribution in [0.4, 0.5) is 11.4 Å². The topological polar surface area (TPSA) is 84.7 Å². The van der Waals surface area contributed by atoms with E-state index >= 15 is 0 Å². The Kier molecular flexibility index (Phi) is 4.88. The second kappa shape index (κ2) is 7.25. The summed E-state index contributed by atoms with van der Waals surface area (Å²) in [5.41, 5.74) is 7.39. The first kappa shape index (κ1) is 16.8. The lowest BCUT2D eigenvalue weighted by Crippen LogP contribution is -2.32. The summed E-state index contributed by atoms with van der Waals surface area (Å²) in [5, 5.41) is 3.27. The summed E-state index contributed by atoms with van der Waals surface area (Å²) in [4.78, 5) is 25.9. The number of nitrogens with two attached hydrogens (primary N) is 1. The molecule has 0 spiro atoms. The van der Waals surface area contributed by atoms with Crippen LogP contribution >= 0.6 is 0 Å². The number of ether oxygens (including phenoxy) is 1. The van der Waals surface area contributed by atoms with E-state index in [4.69, 9.17) is 10.5 Å². The lowest BCUT2D eigenvalue weighted by molar-refractivity contribution is -0.121. The van der Waals surface area contributed by atoms with E-state index in [2.05, 4.69) is 5.32 Å². The highest BCUT2D eigenvalue weighted by atomic mass is 16.5. The predicted octanol–water partition coefficient (Wildman–Crippen LogP) is 2.39. The maximum Gasteiger partial charge on any atom is 0.255 e. The van der Waals surface area contributed by atoms with Gasteiger partial charge in [0.15, 0.2) is 0 Å². The molecule has 2 aromatic carbocycles. The highest BCUT2D eigenvalue weighted by Gasteiger charge is 2.31. The number of hydrogen-bond acceptors (Lipinski definition) is 4. The van der Waals surface area contributed by atoms with E-state index < -0.39 is 0 Å². The van der Waals surface area contributed by atoms with Crippen molar-refractivity contribution in [2.45, 2.75) is 6.42 Å². The number of likely N-dealkylation sites (tertiary alicyclic amines) is 1. The Balaban J connectivity index is 1.84. The number of methoxy groups -OCH3 is 1. The largest absolute Gasteiger partial charge is 0.495 e. The van der Waals surface area contributed by atoms with Gasteiger partial charge in [-0.15, -0.1) is 0 Å². The smallest absolute Gasteiger partial charge is 0.255 e. The standard InChI is InChI=1S/C19H21N3O3/c1-25-17-9-5-4-8-16(17)21-15-7-3-2-6-14(15)19(24)22-11-10-13(12-22)18(20)23/h2-9,13,21H,10-12H2,1H3,(H2,20,23)/t13-/m0/s1. The van der Waals surface area contributed by atoms with Crippen molar-refractivity contribution in [3.63, 3.8) is 0 Å². The minimum absolute atomic E-state index is 0.109. The van der Waals surface area contributed by atoms with Crippen molar-refractivity contribution in [3.8, 4) is 5.75 Å². The molecule has 3 N–H and O–H groups in total. The molecule has 1 aliphatic rings. The molecule has 130 valence electrons. The van der Waals surface area contributed by atoms with E-state index in [1.165, 1.54) is 0 Å². The number of carbonyl (C=O) groups is 2. The number of anilines is 2. The molecule has 1 heterocycles. The van der Waals surface area contributed by atoms with E-state index in [-0.39, 0.29) is 17.7 Å². The maximum atomic E-state index is 12.9. The van der Waals surface area contributed by atoms with Gasteiger partial charge in [0.1, 0.15) is 5.75 Å². The molecule has 1 atom stereocenters. The SMILES string of the molecule is COc1ccccc1Nc1ccccc1C(=O)N1CC[C@H](C(N)=O)C1. The van der Waals surface area contributed by atoms with Crippen LogP contribution in [0.1, 0.15) is 16.8 Å². The van der Waals surface area contributed by atoms with Gasteiger partial charge < -0.3 is 20.7 Å². The Hall–Kier alpha value is -3.02. The molecule has 0 saturated carbocycles. The van der Waals surface area contributed by atoms with E-state index in [0.29, 0.717) is 36.5 Å². The van der Waals surface area contributed by atoms with Crippen molar-refractivity contribution in [1.82, 2.24) is 4.90 Å². The van der Waals surface area contributed by atoms with Gasteiger partial charge in [0, 0.05) is 13.1 Å². The molecular formula is C19H21N3O3. The van der Waals surface area contributed by atoms with Gasteiger partial charge in [0.2, 0.25) is 5.91 Å². The minimum atomic E-state index is -0.351. The molecule has 1 aliphatic heterocycles. The lowest BCUT2D eigenvalue weighted by Gasteiger charge is -2.19. The number of primary amides is 1. The molecular weight excluding hydrogens is 318 g/mol. The highest BCUT2D eigenvalue weighted by molar-refractivity contribution is 6.01. The first-order valence-corrected chi connectivity index (χ1v) is 8.18. The van der Waals surface area contributed by atoms with Crippen LogP contribution in [-0.4, -0.2) is 36.9 Å². The van der Waals surface area contributed by atoms with E-state index in [1.807, 2.05) is 42.5 Å². The van der Waals surface area contributed by atoms with Gasteiger partial charge in [0.05, 0.1) is 30.0 Å². The summed E-state index contributed by atoms with van der Waals surface area (Å²) < 4.78 is 5.35. The Labute approximate surface area is 146 Å². The Bertz CT molecular complexity index is 791. The van der Waals surface area contributed by atoms with Crippen molar-refractivity contribution in [2.75, 3.05) is 25.5 Å². The second-order valence-corrected chi connectivity index (χ2v) is 6.01. The quantitative estimate of drug-likeness (QED) is 0.876. The molecule has 0 aliphatic carbocycles. The summed E-state index contributed by atoms with van der Waals surface area (Å²) in [6, 6.07) is 14.8. The molecule has 0 aromatic heterocycles. The third-order valence-corrected chi connectivity index (χ3v) is 4.41. The van der Waals surface area contributed by atoms with Gasteiger partial charge in [-0.2, -0.15) is 0 Å². The van der Waals surface area contributed by atoms with Gasteiger partial charge >= 0.3 is 0 Å². The summed E-state index contributed by atoms with van der Waals surface area (Å²) in [7, 11) is 1.60. The van der Waals surface area contributed by atoms with Crippen molar-refractivity contribution >= 4 is 23.2 Å². The highest BCUT2D eigenvalue weighted by Crippen LogP contribution is 2.30. The molecule has 6 heteroatoms. The summed E-state index contributed by atoms with van der Waals surface area (Å²) >= 11 is 0. The number of para-hydroxylation sites is 3. The van der Waals surface area contributed by atoms with Crippen LogP contribution < -0.4 is 15.8 Å². The van der Waals surface area contributed by atoms with Crippen LogP contribution in [0, 0.1) is 5.92 Å². The van der Waals surface area contributed by atoms with E-state index in [1.54, 1.807) is 18.1 Å². The number of nitrogens with one attached hydrogen (secondary N) is 1. The molecule has 3 rings (SSSR count). The molecule has 0 bridgehead atoms. The zero-order valence-electron chi connectivity index (χ0n) is 14.1. The Morgan fingerprint density at radius 3 is 2.48 bits per heavy atom. The van der Waals surface area contributed by atoms with Gasteiger partial charge in [-0.25, -0.2) is 0 Å². The van der Waals surface area contributed by atoms with Gasteiger partial charge in [0.25, 0.3) is 5.91 Å². The molecule has 1 saturated heterocycles. The normalized spacial score (nSPS) is 16.5. The molecule has 1 fully saturated rings. The lowest BCUT2D eigenvalue weighted by atomic mass is 10.1. The number of benzene rings is 2. The van der Waals surface area contributed by atoms with E-state index in [0.717, 1.165) is 5.69 Å². The third kappa shape index (κ3) is 3.57. The fourth-order valence-corrected chi connectivity index (χ4v) is 3.02. The van der Waals surface area contributed by atoms with Gasteiger partial charge in [-0.05, 0) is 30.7 Å². The van der Waals surface area contributed by atoms with Crippen molar-refractivity contribution in [2.24, 2.45) is 11.7 Å². The maximum absolute atomic E-state index is 12.9. The average molecular weight is 339 g/mol. The second-order valence-electron chi connectivity index (χ2n) is 6.01. The monoisotopic (exact) mass is 339 g/mol. The van der Waals surface area contributed by atoms with Crippen molar-refractivity contribution in [1.29, 1.82) is 0 Å². The van der Waals surface area contributed by atoms with Crippen LogP contribution in [0.2, 0.25) is 0 Å². The molecule has 2 amide bonds. The molecule has 0 radical (unpaired) electrons. The minimum Gasteiger partial charge on any atom is -0.495 e. The fourth-order valence-electron chi connectivity index (χ4n) is 3.02. The zero-order valence-corrected chi connectivity index (χ0v) is 14.1. The summed E-state index contributed by atoms with van der Waals surface area (Å²) in [5.74, 6) is -0.0320. The van der Waals surface area contributed by atoms with Gasteiger partial charge in [-0.1, -0.05) is 24.3 Å². The average Bonchev–Trinajstić information content (AvgIpc) is 3.12. The van der Waals surface area contributed by atoms with Crippen LogP contribution in [0.3, 0.4) is 0 Å². The summed E-state index contributed by atoms with van der Waals surface area (Å²) in [6.07, 6.45) is 0.614. The van der Waals surface area contributed by atoms with Gasteiger partial charge in [-0.3, -0.25) is 9.59 Å². The molecule has 2 aromatic rings. The number of nitrogens with zero attached hydrogens (tertiary/aromatic N) is 1. The Morgan fingerprint density at radius 2 is 1.80 bits per heavy atom. The molecule has 25 heavy (non-hydrogen) atoms. The third-order valence-electron chi connectivity index (χ3n) is 4.41.